The maximum atomic E-state index is 13.2. The predicted octanol–water partition coefficient (Wildman–Crippen LogP) is 2.02. The number of nitrogens with one attached hydrogen (secondary N) is 2. The van der Waals surface area contributed by atoms with E-state index in [2.05, 4.69) is 22.2 Å². The first kappa shape index (κ1) is 22.7. The zero-order valence-corrected chi connectivity index (χ0v) is 17.4. The molecule has 0 aliphatic carbocycles. The Morgan fingerprint density at radius 2 is 2.26 bits per heavy atom. The predicted molar refractivity (Wildman–Crippen MR) is 118 cm³/mol. The fourth-order valence-corrected chi connectivity index (χ4v) is 3.67. The number of anilines is 1. The van der Waals surface area contributed by atoms with Crippen molar-refractivity contribution in [3.8, 4) is 5.75 Å². The number of aromatic hydroxyl groups is 1. The van der Waals surface area contributed by atoms with Gasteiger partial charge in [0.05, 0.1) is 17.8 Å². The van der Waals surface area contributed by atoms with Crippen molar-refractivity contribution in [2.45, 2.75) is 32.5 Å². The van der Waals surface area contributed by atoms with Crippen LogP contribution >= 0.6 is 0 Å². The smallest absolute Gasteiger partial charge is 0.262 e. The molecule has 3 rings (SSSR count). The standard InChI is InChI=1S/C22H27FN4O4/c1-3-14(6-5-13(2)23)11-15-12-26-18-19-17(15)24-7-4-9-27(19)22(31)16(20(18)29)21(30)25-8-10-28/h3,5-6,12,21,24-25,28-30H,2,4,7-11H2,1H3/b6-5-,14-3+. The molecule has 1 aliphatic heterocycles. The Balaban J connectivity index is 2.17. The SMILES string of the molecule is C=C(F)/C=C\C(=C/C)Cc1cnc2c(O)c(C(O)NCCO)c(=O)n3c2c1NCCC3. The van der Waals surface area contributed by atoms with Crippen LogP contribution in [0.4, 0.5) is 10.1 Å². The van der Waals surface area contributed by atoms with Gasteiger partial charge < -0.3 is 25.2 Å². The zero-order chi connectivity index (χ0) is 22.5. The first-order chi connectivity index (χ1) is 14.9. The van der Waals surface area contributed by atoms with Crippen molar-refractivity contribution in [2.24, 2.45) is 0 Å². The van der Waals surface area contributed by atoms with Crippen LogP contribution in [-0.4, -0.2) is 44.6 Å². The number of rotatable bonds is 8. The quantitative estimate of drug-likeness (QED) is 0.321. The van der Waals surface area contributed by atoms with Crippen LogP contribution < -0.4 is 16.2 Å². The van der Waals surface area contributed by atoms with Gasteiger partial charge in [0, 0.05) is 37.8 Å². The van der Waals surface area contributed by atoms with Crippen LogP contribution in [0.2, 0.25) is 0 Å². The molecular weight excluding hydrogens is 403 g/mol. The Kier molecular flexibility index (Phi) is 7.21. The average Bonchev–Trinajstić information content (AvgIpc) is 2.98. The Bertz CT molecular complexity index is 1110. The first-order valence-corrected chi connectivity index (χ1v) is 10.1. The van der Waals surface area contributed by atoms with Crippen LogP contribution in [0, 0.1) is 0 Å². The summed E-state index contributed by atoms with van der Waals surface area (Å²) in [5, 5.41) is 36.0. The summed E-state index contributed by atoms with van der Waals surface area (Å²) in [7, 11) is 0. The van der Waals surface area contributed by atoms with E-state index in [0.29, 0.717) is 37.1 Å². The monoisotopic (exact) mass is 430 g/mol. The minimum absolute atomic E-state index is 0.0577. The molecule has 8 nitrogen and oxygen atoms in total. The summed E-state index contributed by atoms with van der Waals surface area (Å²) in [6.07, 6.45) is 6.01. The Morgan fingerprint density at radius 1 is 1.48 bits per heavy atom. The molecule has 0 saturated heterocycles. The normalized spacial score (nSPS) is 15.2. The first-order valence-electron chi connectivity index (χ1n) is 10.1. The number of aryl methyl sites for hydroxylation is 1. The van der Waals surface area contributed by atoms with Gasteiger partial charge in [-0.25, -0.2) is 4.39 Å². The fourth-order valence-electron chi connectivity index (χ4n) is 3.67. The topological polar surface area (TPSA) is 120 Å². The van der Waals surface area contributed by atoms with Gasteiger partial charge >= 0.3 is 0 Å². The zero-order valence-electron chi connectivity index (χ0n) is 17.4. The summed E-state index contributed by atoms with van der Waals surface area (Å²) in [6, 6.07) is 0. The van der Waals surface area contributed by atoms with Crippen molar-refractivity contribution >= 4 is 16.7 Å². The largest absolute Gasteiger partial charge is 0.505 e. The van der Waals surface area contributed by atoms with Crippen molar-refractivity contribution in [1.82, 2.24) is 14.9 Å². The Labute approximate surface area is 179 Å². The highest BCUT2D eigenvalue weighted by atomic mass is 19.1. The highest BCUT2D eigenvalue weighted by Crippen LogP contribution is 2.35. The van der Waals surface area contributed by atoms with Crippen LogP contribution in [0.5, 0.6) is 5.75 Å². The summed E-state index contributed by atoms with van der Waals surface area (Å²) in [4.78, 5) is 17.5. The number of aliphatic hydroxyl groups is 2. The molecule has 31 heavy (non-hydrogen) atoms. The molecule has 0 spiro atoms. The molecule has 2 aromatic heterocycles. The maximum Gasteiger partial charge on any atom is 0.262 e. The lowest BCUT2D eigenvalue weighted by molar-refractivity contribution is 0.125. The molecule has 2 aromatic rings. The van der Waals surface area contributed by atoms with E-state index in [1.807, 2.05) is 13.0 Å². The van der Waals surface area contributed by atoms with E-state index in [9.17, 15) is 19.4 Å². The van der Waals surface area contributed by atoms with Gasteiger partial charge in [0.15, 0.2) is 5.75 Å². The molecular formula is C22H27FN4O4. The summed E-state index contributed by atoms with van der Waals surface area (Å²) < 4.78 is 14.5. The molecule has 0 bridgehead atoms. The van der Waals surface area contributed by atoms with Gasteiger partial charge in [-0.15, -0.1) is 0 Å². The molecule has 0 amide bonds. The molecule has 3 heterocycles. The maximum absolute atomic E-state index is 13.2. The molecule has 1 atom stereocenters. The highest BCUT2D eigenvalue weighted by molar-refractivity contribution is 5.94. The molecule has 9 heteroatoms. The molecule has 0 fully saturated rings. The summed E-state index contributed by atoms with van der Waals surface area (Å²) in [5.74, 6) is -0.947. The number of allylic oxidation sites excluding steroid dienone is 5. The molecule has 0 aromatic carbocycles. The number of hydrogen-bond acceptors (Lipinski definition) is 7. The van der Waals surface area contributed by atoms with Crippen LogP contribution in [0.3, 0.4) is 0 Å². The van der Waals surface area contributed by atoms with Crippen LogP contribution in [-0.2, 0) is 13.0 Å². The second kappa shape index (κ2) is 9.86. The molecule has 0 saturated carbocycles. The number of aliphatic hydroxyl groups excluding tert-OH is 2. The molecule has 1 unspecified atom stereocenters. The fraction of sp³-hybridized carbons (Fsp3) is 0.364. The van der Waals surface area contributed by atoms with Gasteiger partial charge in [-0.05, 0) is 25.0 Å². The summed E-state index contributed by atoms with van der Waals surface area (Å²) in [6.45, 7) is 5.89. The highest BCUT2D eigenvalue weighted by Gasteiger charge is 2.26. The number of hydrogen-bond donors (Lipinski definition) is 5. The van der Waals surface area contributed by atoms with E-state index >= 15 is 0 Å². The van der Waals surface area contributed by atoms with E-state index < -0.39 is 23.4 Å². The second-order valence-corrected chi connectivity index (χ2v) is 7.26. The number of nitrogens with zero attached hydrogens (tertiary/aromatic N) is 2. The third-order valence-electron chi connectivity index (χ3n) is 5.18. The lowest BCUT2D eigenvalue weighted by Crippen LogP contribution is -2.33. The van der Waals surface area contributed by atoms with Crippen LogP contribution in [0.1, 0.15) is 30.7 Å². The van der Waals surface area contributed by atoms with Crippen molar-refractivity contribution in [3.05, 3.63) is 63.9 Å². The summed E-state index contributed by atoms with van der Waals surface area (Å²) >= 11 is 0. The van der Waals surface area contributed by atoms with Crippen molar-refractivity contribution in [2.75, 3.05) is 25.0 Å². The number of halogens is 1. The lowest BCUT2D eigenvalue weighted by Gasteiger charge is -2.19. The van der Waals surface area contributed by atoms with Crippen molar-refractivity contribution < 1.29 is 19.7 Å². The Morgan fingerprint density at radius 3 is 2.94 bits per heavy atom. The van der Waals surface area contributed by atoms with Gasteiger partial charge in [-0.3, -0.25) is 15.1 Å². The van der Waals surface area contributed by atoms with Crippen molar-refractivity contribution in [3.63, 3.8) is 0 Å². The van der Waals surface area contributed by atoms with E-state index in [-0.39, 0.29) is 24.2 Å². The Hall–Kier alpha value is -3.01. The third kappa shape index (κ3) is 4.68. The molecule has 166 valence electrons. The average molecular weight is 430 g/mol. The second-order valence-electron chi connectivity index (χ2n) is 7.26. The van der Waals surface area contributed by atoms with Crippen LogP contribution in [0.15, 0.2) is 47.2 Å². The molecule has 0 radical (unpaired) electrons. The van der Waals surface area contributed by atoms with Gasteiger partial charge in [0.1, 0.15) is 23.1 Å². The van der Waals surface area contributed by atoms with Gasteiger partial charge in [0.2, 0.25) is 0 Å². The molecule has 1 aliphatic rings. The third-order valence-corrected chi connectivity index (χ3v) is 5.18. The number of aromatic nitrogens is 2. The van der Waals surface area contributed by atoms with E-state index in [4.69, 9.17) is 5.11 Å². The minimum atomic E-state index is -1.44. The van der Waals surface area contributed by atoms with E-state index in [1.54, 1.807) is 12.3 Å². The van der Waals surface area contributed by atoms with Gasteiger partial charge in [0.25, 0.3) is 5.56 Å². The van der Waals surface area contributed by atoms with Crippen molar-refractivity contribution in [1.29, 1.82) is 0 Å². The molecule has 5 N–H and O–H groups in total. The van der Waals surface area contributed by atoms with E-state index in [1.165, 1.54) is 10.6 Å². The van der Waals surface area contributed by atoms with Gasteiger partial charge in [-0.1, -0.05) is 18.7 Å². The van der Waals surface area contributed by atoms with Crippen LogP contribution in [0.25, 0.3) is 11.0 Å². The van der Waals surface area contributed by atoms with E-state index in [0.717, 1.165) is 11.1 Å². The summed E-state index contributed by atoms with van der Waals surface area (Å²) in [5.41, 5.74) is 2.23. The lowest BCUT2D eigenvalue weighted by atomic mass is 10.0. The minimum Gasteiger partial charge on any atom is -0.505 e. The number of pyridine rings is 2. The van der Waals surface area contributed by atoms with Gasteiger partial charge in [-0.2, -0.15) is 0 Å².